The van der Waals surface area contributed by atoms with Crippen molar-refractivity contribution in [2.24, 2.45) is 0 Å². The number of sulfone groups is 1. The molecule has 31 heavy (non-hydrogen) atoms. The zero-order valence-electron chi connectivity index (χ0n) is 16.4. The van der Waals surface area contributed by atoms with Crippen LogP contribution in [0.25, 0.3) is 21.7 Å². The first-order valence-corrected chi connectivity index (χ1v) is 12.3. The molecule has 1 aromatic heterocycles. The van der Waals surface area contributed by atoms with Gasteiger partial charge in [-0.05, 0) is 60.2 Å². The number of hydrogen-bond acceptors (Lipinski definition) is 5. The van der Waals surface area contributed by atoms with E-state index in [4.69, 9.17) is 21.3 Å². The van der Waals surface area contributed by atoms with E-state index in [2.05, 4.69) is 0 Å². The Kier molecular flexibility index (Phi) is 6.09. The number of thiazole rings is 1. The Morgan fingerprint density at radius 3 is 2.32 bits per heavy atom. The van der Waals surface area contributed by atoms with Gasteiger partial charge in [0, 0.05) is 16.8 Å². The lowest BCUT2D eigenvalue weighted by molar-refractivity contribution is 0.305. The molecule has 8 heteroatoms. The van der Waals surface area contributed by atoms with E-state index in [1.165, 1.54) is 29.7 Å². The predicted molar refractivity (Wildman–Crippen MR) is 122 cm³/mol. The SMILES string of the molecule is CS(=O)(=O)c1ccc(-c2sc(COc3cccc(Cl)c3)nc2-c2ccc(F)cc2)cc1. The summed E-state index contributed by atoms with van der Waals surface area (Å²) in [5, 5.41) is 1.30. The summed E-state index contributed by atoms with van der Waals surface area (Å²) in [6, 6.07) is 19.8. The van der Waals surface area contributed by atoms with Crippen LogP contribution in [0, 0.1) is 5.82 Å². The molecule has 0 amide bonds. The maximum absolute atomic E-state index is 13.4. The average molecular weight is 474 g/mol. The molecule has 0 aliphatic heterocycles. The van der Waals surface area contributed by atoms with Crippen LogP contribution in [-0.4, -0.2) is 19.7 Å². The van der Waals surface area contributed by atoms with Gasteiger partial charge in [0.05, 0.1) is 15.5 Å². The molecule has 4 rings (SSSR count). The minimum Gasteiger partial charge on any atom is -0.486 e. The number of halogens is 2. The molecule has 1 heterocycles. The largest absolute Gasteiger partial charge is 0.486 e. The summed E-state index contributed by atoms with van der Waals surface area (Å²) in [5.41, 5.74) is 2.26. The van der Waals surface area contributed by atoms with Crippen LogP contribution >= 0.6 is 22.9 Å². The molecule has 0 N–H and O–H groups in total. The van der Waals surface area contributed by atoms with Gasteiger partial charge >= 0.3 is 0 Å². The molecule has 0 atom stereocenters. The Bertz CT molecular complexity index is 1320. The summed E-state index contributed by atoms with van der Waals surface area (Å²) in [7, 11) is -3.29. The normalized spacial score (nSPS) is 11.5. The van der Waals surface area contributed by atoms with Gasteiger partial charge in [-0.2, -0.15) is 0 Å². The third kappa shape index (κ3) is 5.12. The van der Waals surface area contributed by atoms with E-state index >= 15 is 0 Å². The molecule has 0 saturated carbocycles. The van der Waals surface area contributed by atoms with Gasteiger partial charge in [0.2, 0.25) is 0 Å². The third-order valence-electron chi connectivity index (χ3n) is 4.49. The quantitative estimate of drug-likeness (QED) is 0.332. The van der Waals surface area contributed by atoms with Crippen LogP contribution in [0.1, 0.15) is 5.01 Å². The molecular formula is C23H17ClFNO3S2. The van der Waals surface area contributed by atoms with E-state index in [1.54, 1.807) is 54.6 Å². The van der Waals surface area contributed by atoms with Gasteiger partial charge < -0.3 is 4.74 Å². The standard InChI is InChI=1S/C23H17ClFNO3S2/c1-31(27,28)20-11-7-16(8-12-20)23-22(15-5-9-18(25)10-6-15)26-21(30-23)14-29-19-4-2-3-17(24)13-19/h2-13H,14H2,1H3. The van der Waals surface area contributed by atoms with E-state index in [1.807, 2.05) is 6.07 Å². The van der Waals surface area contributed by atoms with Crippen molar-refractivity contribution in [2.75, 3.05) is 6.26 Å². The van der Waals surface area contributed by atoms with Crippen LogP contribution in [0.15, 0.2) is 77.7 Å². The number of ether oxygens (including phenoxy) is 1. The molecule has 4 nitrogen and oxygen atoms in total. The molecule has 0 saturated heterocycles. The number of rotatable bonds is 6. The van der Waals surface area contributed by atoms with Crippen molar-refractivity contribution in [2.45, 2.75) is 11.5 Å². The van der Waals surface area contributed by atoms with Crippen molar-refractivity contribution < 1.29 is 17.5 Å². The van der Waals surface area contributed by atoms with Crippen LogP contribution in [0.5, 0.6) is 5.75 Å². The Balaban J connectivity index is 1.71. The second-order valence-corrected chi connectivity index (χ2v) is 10.4. The van der Waals surface area contributed by atoms with Gasteiger partial charge in [-0.1, -0.05) is 29.8 Å². The Labute approximate surface area is 188 Å². The third-order valence-corrected chi connectivity index (χ3v) is 6.93. The first-order chi connectivity index (χ1) is 14.8. The van der Waals surface area contributed by atoms with Gasteiger partial charge in [0.1, 0.15) is 23.2 Å². The number of nitrogens with zero attached hydrogens (tertiary/aromatic N) is 1. The highest BCUT2D eigenvalue weighted by Gasteiger charge is 2.17. The maximum Gasteiger partial charge on any atom is 0.175 e. The summed E-state index contributed by atoms with van der Waals surface area (Å²) < 4.78 is 42.8. The number of aromatic nitrogens is 1. The first-order valence-electron chi connectivity index (χ1n) is 9.24. The molecule has 0 spiro atoms. The van der Waals surface area contributed by atoms with Crippen molar-refractivity contribution in [1.29, 1.82) is 0 Å². The fraction of sp³-hybridized carbons (Fsp3) is 0.0870. The van der Waals surface area contributed by atoms with Gasteiger partial charge in [-0.3, -0.25) is 0 Å². The van der Waals surface area contributed by atoms with E-state index in [-0.39, 0.29) is 17.3 Å². The Morgan fingerprint density at radius 2 is 1.68 bits per heavy atom. The van der Waals surface area contributed by atoms with Crippen LogP contribution in [0.3, 0.4) is 0 Å². The summed E-state index contributed by atoms with van der Waals surface area (Å²) >= 11 is 7.44. The van der Waals surface area contributed by atoms with E-state index in [0.717, 1.165) is 21.0 Å². The fourth-order valence-electron chi connectivity index (χ4n) is 2.98. The molecule has 0 fully saturated rings. The highest BCUT2D eigenvalue weighted by atomic mass is 35.5. The second kappa shape index (κ2) is 8.78. The van der Waals surface area contributed by atoms with E-state index in [0.29, 0.717) is 16.5 Å². The molecule has 3 aromatic carbocycles. The first kappa shape index (κ1) is 21.5. The minimum atomic E-state index is -3.29. The van der Waals surface area contributed by atoms with E-state index in [9.17, 15) is 12.8 Å². The van der Waals surface area contributed by atoms with Crippen molar-refractivity contribution in [3.05, 3.63) is 88.6 Å². The Morgan fingerprint density at radius 1 is 1.00 bits per heavy atom. The summed E-state index contributed by atoms with van der Waals surface area (Å²) in [4.78, 5) is 5.80. The topological polar surface area (TPSA) is 56.3 Å². The lowest BCUT2D eigenvalue weighted by Crippen LogP contribution is -1.96. The molecular weight excluding hydrogens is 457 g/mol. The molecule has 0 unspecified atom stereocenters. The van der Waals surface area contributed by atoms with Crippen molar-refractivity contribution in [3.8, 4) is 27.4 Å². The molecule has 0 radical (unpaired) electrons. The summed E-state index contributed by atoms with van der Waals surface area (Å²) in [6.45, 7) is 0.237. The maximum atomic E-state index is 13.4. The average Bonchev–Trinajstić information content (AvgIpc) is 3.17. The molecule has 0 bridgehead atoms. The van der Waals surface area contributed by atoms with Crippen molar-refractivity contribution in [1.82, 2.24) is 4.98 Å². The summed E-state index contributed by atoms with van der Waals surface area (Å²) in [5.74, 6) is 0.299. The smallest absolute Gasteiger partial charge is 0.175 e. The van der Waals surface area contributed by atoms with Crippen LogP contribution in [0.2, 0.25) is 5.02 Å². The zero-order valence-corrected chi connectivity index (χ0v) is 18.8. The zero-order chi connectivity index (χ0) is 22.0. The molecule has 4 aromatic rings. The van der Waals surface area contributed by atoms with Crippen molar-refractivity contribution >= 4 is 32.8 Å². The molecule has 158 valence electrons. The second-order valence-electron chi connectivity index (χ2n) is 6.83. The van der Waals surface area contributed by atoms with Crippen LogP contribution < -0.4 is 4.74 Å². The number of hydrogen-bond donors (Lipinski definition) is 0. The van der Waals surface area contributed by atoms with Gasteiger partial charge in [-0.15, -0.1) is 11.3 Å². The van der Waals surface area contributed by atoms with Crippen molar-refractivity contribution in [3.63, 3.8) is 0 Å². The highest BCUT2D eigenvalue weighted by Crippen LogP contribution is 2.37. The van der Waals surface area contributed by atoms with Gasteiger partial charge in [0.15, 0.2) is 9.84 Å². The Hall–Kier alpha value is -2.74. The fourth-order valence-corrected chi connectivity index (χ4v) is 4.80. The van der Waals surface area contributed by atoms with Gasteiger partial charge in [0.25, 0.3) is 0 Å². The van der Waals surface area contributed by atoms with E-state index < -0.39 is 9.84 Å². The molecule has 0 aliphatic carbocycles. The summed E-state index contributed by atoms with van der Waals surface area (Å²) in [6.07, 6.45) is 1.17. The predicted octanol–water partition coefficient (Wildman–Crippen LogP) is 6.25. The van der Waals surface area contributed by atoms with Crippen LogP contribution in [0.4, 0.5) is 4.39 Å². The lowest BCUT2D eigenvalue weighted by Gasteiger charge is -2.04. The highest BCUT2D eigenvalue weighted by molar-refractivity contribution is 7.90. The minimum absolute atomic E-state index is 0.237. The van der Waals surface area contributed by atoms with Gasteiger partial charge in [-0.25, -0.2) is 17.8 Å². The van der Waals surface area contributed by atoms with Crippen LogP contribution in [-0.2, 0) is 16.4 Å². The number of benzene rings is 3. The molecule has 0 aliphatic rings. The monoisotopic (exact) mass is 473 g/mol. The lowest BCUT2D eigenvalue weighted by atomic mass is 10.1.